The molecule has 4 rings (SSSR count). The molecule has 7 nitrogen and oxygen atoms in total. The van der Waals surface area contributed by atoms with Crippen molar-refractivity contribution >= 4 is 5.97 Å². The Hall–Kier alpha value is -3.03. The summed E-state index contributed by atoms with van der Waals surface area (Å²) in [5, 5.41) is 0. The number of carbonyl (C=O) groups excluding carboxylic acids is 1. The van der Waals surface area contributed by atoms with Crippen molar-refractivity contribution in [3.63, 3.8) is 0 Å². The summed E-state index contributed by atoms with van der Waals surface area (Å²) >= 11 is 0. The zero-order valence-corrected chi connectivity index (χ0v) is 17.7. The van der Waals surface area contributed by atoms with E-state index in [4.69, 9.17) is 4.74 Å². The van der Waals surface area contributed by atoms with E-state index >= 15 is 0 Å². The Labute approximate surface area is 176 Å². The Morgan fingerprint density at radius 1 is 1.13 bits per heavy atom. The second kappa shape index (κ2) is 8.77. The average molecular weight is 406 g/mol. The summed E-state index contributed by atoms with van der Waals surface area (Å²) in [6, 6.07) is 14.4. The van der Waals surface area contributed by atoms with Crippen molar-refractivity contribution in [3.05, 3.63) is 71.7 Å². The molecule has 0 aliphatic carbocycles. The van der Waals surface area contributed by atoms with E-state index in [0.717, 1.165) is 37.7 Å². The van der Waals surface area contributed by atoms with Crippen LogP contribution in [0.3, 0.4) is 0 Å². The normalized spacial score (nSPS) is 17.8. The Bertz CT molecular complexity index is 1020. The highest BCUT2D eigenvalue weighted by Gasteiger charge is 2.27. The van der Waals surface area contributed by atoms with Crippen LogP contribution in [0, 0.1) is 0 Å². The van der Waals surface area contributed by atoms with Gasteiger partial charge in [0.25, 0.3) is 0 Å². The van der Waals surface area contributed by atoms with E-state index in [9.17, 15) is 4.79 Å². The van der Waals surface area contributed by atoms with Crippen LogP contribution in [0.25, 0.3) is 11.5 Å². The lowest BCUT2D eigenvalue weighted by Gasteiger charge is -2.40. The maximum absolute atomic E-state index is 11.9. The number of ether oxygens (including phenoxy) is 1. The number of benzene rings is 1. The SMILES string of the molecule is COC(=O)c1ccnc(-c2ncc(CN3CCN(C)CC3c3ccccc3)n2C)c1. The van der Waals surface area contributed by atoms with Crippen LogP contribution in [-0.4, -0.2) is 64.1 Å². The van der Waals surface area contributed by atoms with Crippen molar-refractivity contribution in [2.24, 2.45) is 7.05 Å². The number of nitrogens with zero attached hydrogens (tertiary/aromatic N) is 5. The van der Waals surface area contributed by atoms with Crippen LogP contribution in [0.2, 0.25) is 0 Å². The predicted octanol–water partition coefficient (Wildman–Crippen LogP) is 2.76. The van der Waals surface area contributed by atoms with E-state index in [-0.39, 0.29) is 5.97 Å². The van der Waals surface area contributed by atoms with Gasteiger partial charge in [-0.2, -0.15) is 0 Å². The summed E-state index contributed by atoms with van der Waals surface area (Å²) in [7, 11) is 5.55. The smallest absolute Gasteiger partial charge is 0.337 e. The molecule has 0 spiro atoms. The summed E-state index contributed by atoms with van der Waals surface area (Å²) in [4.78, 5) is 25.8. The second-order valence-electron chi connectivity index (χ2n) is 7.71. The van der Waals surface area contributed by atoms with Gasteiger partial charge in [-0.3, -0.25) is 9.88 Å². The first-order chi connectivity index (χ1) is 14.6. The Morgan fingerprint density at radius 2 is 1.93 bits per heavy atom. The number of imidazole rings is 1. The summed E-state index contributed by atoms with van der Waals surface area (Å²) in [6.45, 7) is 3.83. The number of hydrogen-bond donors (Lipinski definition) is 0. The monoisotopic (exact) mass is 405 g/mol. The summed E-state index contributed by atoms with van der Waals surface area (Å²) in [6.07, 6.45) is 3.52. The molecule has 156 valence electrons. The minimum absolute atomic E-state index is 0.337. The first-order valence-corrected chi connectivity index (χ1v) is 10.1. The molecule has 2 aromatic heterocycles. The molecule has 0 saturated carbocycles. The number of esters is 1. The lowest BCUT2D eigenvalue weighted by Crippen LogP contribution is -2.46. The maximum atomic E-state index is 11.9. The standard InChI is InChI=1S/C23H27N5O2/c1-26-11-12-28(21(16-26)17-7-5-4-6-8-17)15-19-14-25-22(27(19)2)20-13-18(9-10-24-20)23(29)30-3/h4-10,13-14,21H,11-12,15-16H2,1-3H3. The molecular formula is C23H27N5O2. The molecule has 1 unspecified atom stereocenters. The maximum Gasteiger partial charge on any atom is 0.337 e. The van der Waals surface area contributed by atoms with Gasteiger partial charge in [-0.1, -0.05) is 30.3 Å². The molecular weight excluding hydrogens is 378 g/mol. The Kier molecular flexibility index (Phi) is 5.92. The molecule has 0 bridgehead atoms. The molecule has 3 heterocycles. The van der Waals surface area contributed by atoms with Gasteiger partial charge in [-0.25, -0.2) is 9.78 Å². The summed E-state index contributed by atoms with van der Waals surface area (Å²) in [5.41, 5.74) is 3.57. The number of hydrogen-bond acceptors (Lipinski definition) is 6. The molecule has 0 amide bonds. The van der Waals surface area contributed by atoms with Crippen molar-refractivity contribution in [2.45, 2.75) is 12.6 Å². The quantitative estimate of drug-likeness (QED) is 0.609. The molecule has 1 aromatic carbocycles. The lowest BCUT2D eigenvalue weighted by atomic mass is 10.0. The highest BCUT2D eigenvalue weighted by Crippen LogP contribution is 2.27. The third kappa shape index (κ3) is 4.13. The lowest BCUT2D eigenvalue weighted by molar-refractivity contribution is 0.0600. The van der Waals surface area contributed by atoms with Crippen molar-refractivity contribution in [2.75, 3.05) is 33.8 Å². The van der Waals surface area contributed by atoms with E-state index in [1.807, 2.05) is 13.2 Å². The van der Waals surface area contributed by atoms with Gasteiger partial charge < -0.3 is 14.2 Å². The number of likely N-dealkylation sites (N-methyl/N-ethyl adjacent to an activating group) is 1. The topological polar surface area (TPSA) is 63.5 Å². The molecule has 1 saturated heterocycles. The summed E-state index contributed by atoms with van der Waals surface area (Å²) in [5.74, 6) is 0.359. The molecule has 1 fully saturated rings. The molecule has 7 heteroatoms. The van der Waals surface area contributed by atoms with Gasteiger partial charge in [0.15, 0.2) is 5.82 Å². The molecule has 0 N–H and O–H groups in total. The van der Waals surface area contributed by atoms with Gasteiger partial charge in [0.2, 0.25) is 0 Å². The third-order valence-electron chi connectivity index (χ3n) is 5.74. The Balaban J connectivity index is 1.59. The van der Waals surface area contributed by atoms with Crippen LogP contribution in [0.1, 0.15) is 27.7 Å². The van der Waals surface area contributed by atoms with Crippen LogP contribution in [0.15, 0.2) is 54.9 Å². The second-order valence-corrected chi connectivity index (χ2v) is 7.71. The first kappa shape index (κ1) is 20.3. The predicted molar refractivity (Wildman–Crippen MR) is 115 cm³/mol. The van der Waals surface area contributed by atoms with Crippen LogP contribution in [-0.2, 0) is 18.3 Å². The van der Waals surface area contributed by atoms with E-state index in [1.165, 1.54) is 12.7 Å². The zero-order valence-electron chi connectivity index (χ0n) is 17.7. The molecule has 1 atom stereocenters. The summed E-state index contributed by atoms with van der Waals surface area (Å²) < 4.78 is 6.88. The minimum atomic E-state index is -0.378. The number of carbonyl (C=O) groups is 1. The highest BCUT2D eigenvalue weighted by atomic mass is 16.5. The van der Waals surface area contributed by atoms with Crippen molar-refractivity contribution < 1.29 is 9.53 Å². The Morgan fingerprint density at radius 3 is 2.70 bits per heavy atom. The first-order valence-electron chi connectivity index (χ1n) is 10.1. The number of piperazine rings is 1. The van der Waals surface area contributed by atoms with Gasteiger partial charge in [0.05, 0.1) is 24.6 Å². The van der Waals surface area contributed by atoms with E-state index in [1.54, 1.807) is 18.3 Å². The molecule has 3 aromatic rings. The largest absolute Gasteiger partial charge is 0.465 e. The van der Waals surface area contributed by atoms with Gasteiger partial charge in [-0.15, -0.1) is 0 Å². The van der Waals surface area contributed by atoms with Crippen LogP contribution in [0.4, 0.5) is 0 Å². The van der Waals surface area contributed by atoms with E-state index in [2.05, 4.69) is 61.7 Å². The van der Waals surface area contributed by atoms with Crippen molar-refractivity contribution in [3.8, 4) is 11.5 Å². The fourth-order valence-corrected chi connectivity index (χ4v) is 3.97. The fraction of sp³-hybridized carbons (Fsp3) is 0.348. The fourth-order valence-electron chi connectivity index (χ4n) is 3.97. The van der Waals surface area contributed by atoms with Crippen LogP contribution < -0.4 is 0 Å². The van der Waals surface area contributed by atoms with Crippen LogP contribution >= 0.6 is 0 Å². The molecule has 1 aliphatic heterocycles. The third-order valence-corrected chi connectivity index (χ3v) is 5.74. The zero-order chi connectivity index (χ0) is 21.1. The van der Waals surface area contributed by atoms with E-state index in [0.29, 0.717) is 17.3 Å². The molecule has 1 aliphatic rings. The minimum Gasteiger partial charge on any atom is -0.465 e. The van der Waals surface area contributed by atoms with Gasteiger partial charge in [0, 0.05) is 45.5 Å². The average Bonchev–Trinajstić information content (AvgIpc) is 3.15. The van der Waals surface area contributed by atoms with Crippen LogP contribution in [0.5, 0.6) is 0 Å². The molecule has 30 heavy (non-hydrogen) atoms. The van der Waals surface area contributed by atoms with Gasteiger partial charge in [-0.05, 0) is 24.7 Å². The number of aromatic nitrogens is 3. The van der Waals surface area contributed by atoms with E-state index < -0.39 is 0 Å². The molecule has 0 radical (unpaired) electrons. The highest BCUT2D eigenvalue weighted by molar-refractivity contribution is 5.90. The number of methoxy groups -OCH3 is 1. The van der Waals surface area contributed by atoms with Crippen molar-refractivity contribution in [1.82, 2.24) is 24.3 Å². The van der Waals surface area contributed by atoms with Crippen molar-refractivity contribution in [1.29, 1.82) is 0 Å². The number of pyridine rings is 1. The van der Waals surface area contributed by atoms with Gasteiger partial charge in [0.1, 0.15) is 5.69 Å². The number of rotatable bonds is 5. The van der Waals surface area contributed by atoms with Gasteiger partial charge >= 0.3 is 5.97 Å².